The summed E-state index contributed by atoms with van der Waals surface area (Å²) in [5, 5.41) is 0. The second kappa shape index (κ2) is 5.93. The van der Waals surface area contributed by atoms with Crippen molar-refractivity contribution in [3.63, 3.8) is 0 Å². The van der Waals surface area contributed by atoms with Crippen LogP contribution in [0.2, 0.25) is 0 Å². The Bertz CT molecular complexity index is 451. The zero-order chi connectivity index (χ0) is 13.1. The summed E-state index contributed by atoms with van der Waals surface area (Å²) in [4.78, 5) is 7.88. The molecule has 2 rings (SSSR count). The molecule has 1 N–H and O–H groups in total. The van der Waals surface area contributed by atoms with Crippen LogP contribution in [0.3, 0.4) is 0 Å². The van der Waals surface area contributed by atoms with Crippen molar-refractivity contribution in [1.29, 1.82) is 0 Å². The van der Waals surface area contributed by atoms with Gasteiger partial charge in [0.25, 0.3) is 0 Å². The fourth-order valence-corrected chi connectivity index (χ4v) is 2.47. The van der Waals surface area contributed by atoms with Crippen LogP contribution in [0, 0.1) is 16.5 Å². The molecule has 0 bridgehead atoms. The molecular weight excluding hydrogens is 244 g/mol. The van der Waals surface area contributed by atoms with E-state index < -0.39 is 0 Å². The molecule has 0 aromatic carbocycles. The first-order chi connectivity index (χ1) is 8.60. The molecule has 1 aliphatic carbocycles. The minimum atomic E-state index is 0.101. The van der Waals surface area contributed by atoms with Crippen LogP contribution in [-0.2, 0) is 11.2 Å². The van der Waals surface area contributed by atoms with Gasteiger partial charge in [-0.25, -0.2) is 4.98 Å². The number of aromatic amines is 1. The minimum absolute atomic E-state index is 0.101. The van der Waals surface area contributed by atoms with Gasteiger partial charge in [0.2, 0.25) is 0 Å². The topological polar surface area (TPSA) is 37.9 Å². The third-order valence-corrected chi connectivity index (χ3v) is 3.32. The van der Waals surface area contributed by atoms with E-state index in [9.17, 15) is 0 Å². The van der Waals surface area contributed by atoms with Crippen LogP contribution in [0.5, 0.6) is 0 Å². The maximum absolute atomic E-state index is 5.83. The number of nitrogens with one attached hydrogen (secondary N) is 1. The van der Waals surface area contributed by atoms with Crippen molar-refractivity contribution < 1.29 is 4.74 Å². The van der Waals surface area contributed by atoms with E-state index in [2.05, 4.69) is 23.8 Å². The molecule has 1 aromatic rings. The van der Waals surface area contributed by atoms with Crippen molar-refractivity contribution in [2.75, 3.05) is 6.61 Å². The maximum Gasteiger partial charge on any atom is 0.137 e. The van der Waals surface area contributed by atoms with E-state index in [-0.39, 0.29) is 6.10 Å². The summed E-state index contributed by atoms with van der Waals surface area (Å²) in [5.41, 5.74) is 1.17. The zero-order valence-corrected chi connectivity index (χ0v) is 12.2. The molecule has 0 saturated heterocycles. The Balaban J connectivity index is 2.24. The van der Waals surface area contributed by atoms with Gasteiger partial charge in [-0.1, -0.05) is 26.1 Å². The van der Waals surface area contributed by atoms with E-state index in [1.165, 1.54) is 18.5 Å². The molecule has 1 saturated carbocycles. The third-order valence-electron chi connectivity index (χ3n) is 3.11. The summed E-state index contributed by atoms with van der Waals surface area (Å²) in [6.45, 7) is 7.16. The molecule has 0 amide bonds. The van der Waals surface area contributed by atoms with Crippen molar-refractivity contribution >= 4 is 12.2 Å². The van der Waals surface area contributed by atoms with E-state index >= 15 is 0 Å². The van der Waals surface area contributed by atoms with Crippen LogP contribution in [0.1, 0.15) is 51.2 Å². The maximum atomic E-state index is 5.83. The monoisotopic (exact) mass is 266 g/mol. The van der Waals surface area contributed by atoms with Gasteiger partial charge < -0.3 is 9.72 Å². The Morgan fingerprint density at radius 3 is 2.78 bits per heavy atom. The summed E-state index contributed by atoms with van der Waals surface area (Å²) in [5.74, 6) is 2.15. The fraction of sp³-hybridized carbons (Fsp3) is 0.714. The molecule has 18 heavy (non-hydrogen) atoms. The summed E-state index contributed by atoms with van der Waals surface area (Å²) in [6, 6.07) is 1.97. The van der Waals surface area contributed by atoms with E-state index in [0.717, 1.165) is 18.9 Å². The molecule has 1 aliphatic rings. The molecule has 1 aromatic heterocycles. The van der Waals surface area contributed by atoms with Crippen molar-refractivity contribution in [3.05, 3.63) is 22.2 Å². The quantitative estimate of drug-likeness (QED) is 0.795. The van der Waals surface area contributed by atoms with Crippen molar-refractivity contribution in [3.8, 4) is 0 Å². The highest BCUT2D eigenvalue weighted by Crippen LogP contribution is 2.42. The predicted octanol–water partition coefficient (Wildman–Crippen LogP) is 3.83. The van der Waals surface area contributed by atoms with E-state index in [4.69, 9.17) is 17.0 Å². The van der Waals surface area contributed by atoms with Crippen LogP contribution >= 0.6 is 12.2 Å². The van der Waals surface area contributed by atoms with Gasteiger partial charge >= 0.3 is 0 Å². The van der Waals surface area contributed by atoms with Crippen LogP contribution in [0.25, 0.3) is 0 Å². The molecule has 0 spiro atoms. The van der Waals surface area contributed by atoms with Gasteiger partial charge in [0.05, 0.1) is 0 Å². The highest BCUT2D eigenvalue weighted by Gasteiger charge is 2.34. The molecule has 0 radical (unpaired) electrons. The first-order valence-corrected chi connectivity index (χ1v) is 7.22. The molecule has 100 valence electrons. The van der Waals surface area contributed by atoms with Crippen LogP contribution in [0.4, 0.5) is 0 Å². The first kappa shape index (κ1) is 13.7. The van der Waals surface area contributed by atoms with Crippen LogP contribution < -0.4 is 0 Å². The minimum Gasteiger partial charge on any atom is -0.370 e. The van der Waals surface area contributed by atoms with Gasteiger partial charge in [-0.15, -0.1) is 0 Å². The number of aromatic nitrogens is 2. The SMILES string of the molecule is CCOC(c1nc(=S)cc(CC(C)C)[nH]1)C1CC1. The number of hydrogen-bond donors (Lipinski definition) is 1. The smallest absolute Gasteiger partial charge is 0.137 e. The average Bonchev–Trinajstić information content (AvgIpc) is 3.07. The lowest BCUT2D eigenvalue weighted by molar-refractivity contribution is 0.0398. The Hall–Kier alpha value is -0.740. The second-order valence-corrected chi connectivity index (χ2v) is 5.86. The predicted molar refractivity (Wildman–Crippen MR) is 75.1 cm³/mol. The lowest BCUT2D eigenvalue weighted by Gasteiger charge is -2.17. The van der Waals surface area contributed by atoms with Gasteiger partial charge in [-0.05, 0) is 44.1 Å². The van der Waals surface area contributed by atoms with Crippen molar-refractivity contribution in [2.24, 2.45) is 11.8 Å². The highest BCUT2D eigenvalue weighted by atomic mass is 32.1. The Morgan fingerprint density at radius 2 is 2.22 bits per heavy atom. The molecule has 1 heterocycles. The largest absolute Gasteiger partial charge is 0.370 e. The van der Waals surface area contributed by atoms with Crippen molar-refractivity contribution in [2.45, 2.75) is 46.1 Å². The number of nitrogens with zero attached hydrogens (tertiary/aromatic N) is 1. The molecule has 1 atom stereocenters. The van der Waals surface area contributed by atoms with E-state index in [0.29, 0.717) is 16.5 Å². The molecule has 3 nitrogen and oxygen atoms in total. The Morgan fingerprint density at radius 1 is 1.50 bits per heavy atom. The average molecular weight is 266 g/mol. The molecule has 1 fully saturated rings. The van der Waals surface area contributed by atoms with E-state index in [1.54, 1.807) is 0 Å². The van der Waals surface area contributed by atoms with Gasteiger partial charge in [0.1, 0.15) is 16.6 Å². The summed E-state index contributed by atoms with van der Waals surface area (Å²) in [6.07, 6.45) is 3.58. The molecule has 0 aliphatic heterocycles. The van der Waals surface area contributed by atoms with Crippen LogP contribution in [-0.4, -0.2) is 16.6 Å². The number of ether oxygens (including phenoxy) is 1. The Labute approximate surface area is 114 Å². The third kappa shape index (κ3) is 3.62. The Kier molecular flexibility index (Phi) is 4.51. The van der Waals surface area contributed by atoms with E-state index in [1.807, 2.05) is 13.0 Å². The zero-order valence-electron chi connectivity index (χ0n) is 11.4. The van der Waals surface area contributed by atoms with Gasteiger partial charge in [0, 0.05) is 12.3 Å². The summed E-state index contributed by atoms with van der Waals surface area (Å²) >= 11 is 5.26. The lowest BCUT2D eigenvalue weighted by atomic mass is 10.1. The normalized spacial score (nSPS) is 17.1. The van der Waals surface area contributed by atoms with Gasteiger partial charge in [-0.2, -0.15) is 0 Å². The molecule has 1 unspecified atom stereocenters. The molecule has 4 heteroatoms. The number of H-pyrrole nitrogens is 1. The summed E-state index contributed by atoms with van der Waals surface area (Å²) in [7, 11) is 0. The highest BCUT2D eigenvalue weighted by molar-refractivity contribution is 7.71. The van der Waals surface area contributed by atoms with Crippen LogP contribution in [0.15, 0.2) is 6.07 Å². The standard InChI is InChI=1S/C14H22N2OS/c1-4-17-13(10-5-6-10)14-15-11(7-9(2)3)8-12(18)16-14/h8-10,13H,4-7H2,1-3H3,(H,15,16,18). The fourth-order valence-electron chi connectivity index (χ4n) is 2.23. The van der Waals surface area contributed by atoms with Crippen molar-refractivity contribution in [1.82, 2.24) is 9.97 Å². The number of rotatable bonds is 6. The second-order valence-electron chi connectivity index (χ2n) is 5.44. The molecular formula is C14H22N2OS. The van der Waals surface area contributed by atoms with Gasteiger partial charge in [0.15, 0.2) is 0 Å². The number of hydrogen-bond acceptors (Lipinski definition) is 3. The first-order valence-electron chi connectivity index (χ1n) is 6.82. The summed E-state index contributed by atoms with van der Waals surface area (Å²) < 4.78 is 6.50. The van der Waals surface area contributed by atoms with Gasteiger partial charge in [-0.3, -0.25) is 0 Å². The lowest BCUT2D eigenvalue weighted by Crippen LogP contribution is -2.13.